The molecular weight excluding hydrogens is 453 g/mol. The number of hydrogen-bond acceptors (Lipinski definition) is 4. The van der Waals surface area contributed by atoms with Gasteiger partial charge in [-0.25, -0.2) is 4.79 Å². The van der Waals surface area contributed by atoms with E-state index in [0.717, 1.165) is 27.2 Å². The first kappa shape index (κ1) is 25.1. The molecule has 34 heavy (non-hydrogen) atoms. The van der Waals surface area contributed by atoms with Crippen LogP contribution in [0.2, 0.25) is 0 Å². The highest BCUT2D eigenvalue weighted by molar-refractivity contribution is 5.86. The summed E-state index contributed by atoms with van der Waals surface area (Å²) in [6.07, 6.45) is -7.51. The van der Waals surface area contributed by atoms with Crippen LogP contribution in [0.5, 0.6) is 0 Å². The van der Waals surface area contributed by atoms with Gasteiger partial charge >= 0.3 is 18.2 Å². The summed E-state index contributed by atoms with van der Waals surface area (Å²) >= 11 is 0. The number of alkyl halides is 3. The van der Waals surface area contributed by atoms with Crippen molar-refractivity contribution in [2.45, 2.75) is 31.5 Å². The van der Waals surface area contributed by atoms with Gasteiger partial charge in [0, 0.05) is 19.5 Å². The number of rotatable bonds is 8. The number of carbonyl (C=O) groups is 3. The minimum Gasteiger partial charge on any atom is -0.481 e. The van der Waals surface area contributed by atoms with Crippen LogP contribution >= 0.6 is 0 Å². The third kappa shape index (κ3) is 5.86. The fourth-order valence-electron chi connectivity index (χ4n) is 4.06. The zero-order chi connectivity index (χ0) is 25.0. The largest absolute Gasteiger partial charge is 0.481 e. The third-order valence-electron chi connectivity index (χ3n) is 5.71. The topological polar surface area (TPSA) is 95.9 Å². The molecule has 182 valence electrons. The van der Waals surface area contributed by atoms with Crippen LogP contribution in [0.25, 0.3) is 11.1 Å². The molecule has 2 N–H and O–H groups in total. The molecule has 2 atom stereocenters. The van der Waals surface area contributed by atoms with Crippen LogP contribution in [0.1, 0.15) is 30.4 Å². The summed E-state index contributed by atoms with van der Waals surface area (Å²) in [6.45, 7) is 0.886. The number of ether oxygens (including phenoxy) is 1. The SMILES string of the molecule is CC(CN(C)C(=O)C(CC(F)(F)F)NC(=O)OCC1c2ccccc2-c2ccccc21)C(=O)O. The smallest absolute Gasteiger partial charge is 0.407 e. The van der Waals surface area contributed by atoms with Gasteiger partial charge < -0.3 is 20.1 Å². The molecule has 0 radical (unpaired) electrons. The minimum absolute atomic E-state index is 0.126. The number of aliphatic carboxylic acids is 1. The molecular formula is C24H25F3N2O5. The van der Waals surface area contributed by atoms with Crippen molar-refractivity contribution < 1.29 is 37.4 Å². The van der Waals surface area contributed by atoms with E-state index in [0.29, 0.717) is 0 Å². The van der Waals surface area contributed by atoms with E-state index in [1.54, 1.807) is 0 Å². The summed E-state index contributed by atoms with van der Waals surface area (Å²) in [6, 6.07) is 13.2. The molecule has 7 nitrogen and oxygen atoms in total. The number of amides is 2. The minimum atomic E-state index is -4.74. The zero-order valence-electron chi connectivity index (χ0n) is 18.6. The second-order valence-corrected chi connectivity index (χ2v) is 8.30. The summed E-state index contributed by atoms with van der Waals surface area (Å²) in [5.74, 6) is -3.54. The van der Waals surface area contributed by atoms with Crippen LogP contribution in [0.3, 0.4) is 0 Å². The standard InChI is InChI=1S/C24H25F3N2O5/c1-14(22(31)32)12-29(2)21(30)20(11-24(25,26)27)28-23(33)34-13-19-17-9-5-3-7-15(17)16-8-4-6-10-18(16)19/h3-10,14,19-20H,11-13H2,1-2H3,(H,28,33)(H,31,32). The Morgan fingerprint density at radius 1 is 1.06 bits per heavy atom. The van der Waals surface area contributed by atoms with E-state index in [1.807, 2.05) is 53.8 Å². The quantitative estimate of drug-likeness (QED) is 0.598. The Balaban J connectivity index is 1.69. The van der Waals surface area contributed by atoms with Gasteiger partial charge in [-0.15, -0.1) is 0 Å². The number of carbonyl (C=O) groups excluding carboxylic acids is 2. The van der Waals surface area contributed by atoms with E-state index < -0.39 is 42.5 Å². The molecule has 0 heterocycles. The molecule has 0 saturated carbocycles. The number of carboxylic acid groups (broad SMARTS) is 1. The van der Waals surface area contributed by atoms with E-state index in [9.17, 15) is 27.6 Å². The lowest BCUT2D eigenvalue weighted by molar-refractivity contribution is -0.154. The van der Waals surface area contributed by atoms with Crippen LogP contribution in [0.15, 0.2) is 48.5 Å². The molecule has 0 spiro atoms. The molecule has 3 rings (SSSR count). The summed E-state index contributed by atoms with van der Waals surface area (Å²) < 4.78 is 44.5. The molecule has 2 amide bonds. The molecule has 0 saturated heterocycles. The molecule has 1 aliphatic rings. The van der Waals surface area contributed by atoms with Gasteiger partial charge in [-0.2, -0.15) is 13.2 Å². The van der Waals surface area contributed by atoms with Crippen LogP contribution in [-0.2, 0) is 14.3 Å². The molecule has 1 aliphatic carbocycles. The summed E-state index contributed by atoms with van der Waals surface area (Å²) in [5.41, 5.74) is 3.85. The Labute approximate surface area is 194 Å². The summed E-state index contributed by atoms with van der Waals surface area (Å²) in [7, 11) is 1.19. The first-order valence-corrected chi connectivity index (χ1v) is 10.6. The van der Waals surface area contributed by atoms with Crippen LogP contribution in [-0.4, -0.2) is 60.4 Å². The van der Waals surface area contributed by atoms with Gasteiger partial charge in [-0.05, 0) is 22.3 Å². The van der Waals surface area contributed by atoms with E-state index in [1.165, 1.54) is 14.0 Å². The van der Waals surface area contributed by atoms with Crippen molar-refractivity contribution in [2.75, 3.05) is 20.2 Å². The second kappa shape index (κ2) is 10.1. The van der Waals surface area contributed by atoms with Gasteiger partial charge in [0.2, 0.25) is 5.91 Å². The van der Waals surface area contributed by atoms with E-state index >= 15 is 0 Å². The monoisotopic (exact) mass is 478 g/mol. The van der Waals surface area contributed by atoms with Crippen LogP contribution in [0.4, 0.5) is 18.0 Å². The zero-order valence-corrected chi connectivity index (χ0v) is 18.6. The number of carboxylic acids is 1. The second-order valence-electron chi connectivity index (χ2n) is 8.30. The predicted molar refractivity (Wildman–Crippen MR) is 117 cm³/mol. The highest BCUT2D eigenvalue weighted by Crippen LogP contribution is 2.44. The van der Waals surface area contributed by atoms with Crippen molar-refractivity contribution in [3.05, 3.63) is 59.7 Å². The molecule has 0 fully saturated rings. The molecule has 0 aromatic heterocycles. The van der Waals surface area contributed by atoms with Crippen molar-refractivity contribution in [1.29, 1.82) is 0 Å². The number of hydrogen-bond donors (Lipinski definition) is 2. The van der Waals surface area contributed by atoms with Crippen molar-refractivity contribution in [3.63, 3.8) is 0 Å². The summed E-state index contributed by atoms with van der Waals surface area (Å²) in [4.78, 5) is 36.8. The first-order valence-electron chi connectivity index (χ1n) is 10.6. The fourth-order valence-corrected chi connectivity index (χ4v) is 4.06. The molecule has 2 aromatic carbocycles. The van der Waals surface area contributed by atoms with Crippen molar-refractivity contribution in [3.8, 4) is 11.1 Å². The van der Waals surface area contributed by atoms with E-state index in [-0.39, 0.29) is 19.1 Å². The third-order valence-corrected chi connectivity index (χ3v) is 5.71. The Hall–Kier alpha value is -3.56. The van der Waals surface area contributed by atoms with Crippen LogP contribution in [0, 0.1) is 5.92 Å². The first-order chi connectivity index (χ1) is 16.0. The fraction of sp³-hybridized carbons (Fsp3) is 0.375. The molecule has 2 unspecified atom stereocenters. The number of nitrogens with zero attached hydrogens (tertiary/aromatic N) is 1. The number of fused-ring (bicyclic) bond motifs is 3. The number of nitrogens with one attached hydrogen (secondary N) is 1. The Kier molecular flexibility index (Phi) is 7.48. The molecule has 10 heteroatoms. The predicted octanol–water partition coefficient (Wildman–Crippen LogP) is 4.03. The maximum Gasteiger partial charge on any atom is 0.407 e. The van der Waals surface area contributed by atoms with Gasteiger partial charge in [0.1, 0.15) is 12.6 Å². The van der Waals surface area contributed by atoms with Gasteiger partial charge in [-0.3, -0.25) is 9.59 Å². The van der Waals surface area contributed by atoms with E-state index in [2.05, 4.69) is 0 Å². The number of alkyl carbamates (subject to hydrolysis) is 1. The van der Waals surface area contributed by atoms with Crippen LogP contribution < -0.4 is 5.32 Å². The number of likely N-dealkylation sites (N-methyl/N-ethyl adjacent to an activating group) is 1. The molecule has 0 aliphatic heterocycles. The van der Waals surface area contributed by atoms with Crippen molar-refractivity contribution >= 4 is 18.0 Å². The van der Waals surface area contributed by atoms with E-state index in [4.69, 9.17) is 9.84 Å². The Bertz CT molecular complexity index is 1030. The maximum absolute atomic E-state index is 13.1. The van der Waals surface area contributed by atoms with Crippen molar-refractivity contribution in [2.24, 2.45) is 5.92 Å². The lowest BCUT2D eigenvalue weighted by Crippen LogP contribution is -2.50. The highest BCUT2D eigenvalue weighted by Gasteiger charge is 2.38. The molecule has 2 aromatic rings. The normalized spacial score (nSPS) is 14.5. The van der Waals surface area contributed by atoms with Gasteiger partial charge in [0.05, 0.1) is 12.3 Å². The number of halogens is 3. The summed E-state index contributed by atoms with van der Waals surface area (Å²) in [5, 5.41) is 11.0. The lowest BCUT2D eigenvalue weighted by Gasteiger charge is -2.26. The van der Waals surface area contributed by atoms with Gasteiger partial charge in [0.15, 0.2) is 0 Å². The molecule has 0 bridgehead atoms. The number of benzene rings is 2. The average molecular weight is 478 g/mol. The average Bonchev–Trinajstić information content (AvgIpc) is 3.09. The Morgan fingerprint density at radius 2 is 1.59 bits per heavy atom. The van der Waals surface area contributed by atoms with Gasteiger partial charge in [-0.1, -0.05) is 55.5 Å². The highest BCUT2D eigenvalue weighted by atomic mass is 19.4. The lowest BCUT2D eigenvalue weighted by atomic mass is 9.98. The van der Waals surface area contributed by atoms with Crippen molar-refractivity contribution in [1.82, 2.24) is 10.2 Å². The van der Waals surface area contributed by atoms with Gasteiger partial charge in [0.25, 0.3) is 0 Å². The maximum atomic E-state index is 13.1. The Morgan fingerprint density at radius 3 is 2.09 bits per heavy atom.